The lowest BCUT2D eigenvalue weighted by atomic mass is 9.93. The lowest BCUT2D eigenvalue weighted by Gasteiger charge is -2.14. The van der Waals surface area contributed by atoms with Crippen LogP contribution in [0.4, 0.5) is 0 Å². The van der Waals surface area contributed by atoms with E-state index in [1.54, 1.807) is 0 Å². The molecule has 0 aliphatic heterocycles. The van der Waals surface area contributed by atoms with Crippen LogP contribution in [-0.4, -0.2) is 6.10 Å². The molecule has 1 rings (SSSR count). The average molecular weight is 234 g/mol. The molecule has 0 aromatic heterocycles. The van der Waals surface area contributed by atoms with Crippen molar-refractivity contribution in [3.63, 3.8) is 0 Å². The highest BCUT2D eigenvalue weighted by atomic mass is 16.5. The summed E-state index contributed by atoms with van der Waals surface area (Å²) in [4.78, 5) is 0. The number of benzene rings is 1. The highest BCUT2D eigenvalue weighted by molar-refractivity contribution is 5.27. The molecule has 96 valence electrons. The van der Waals surface area contributed by atoms with Gasteiger partial charge in [0.1, 0.15) is 5.75 Å². The van der Waals surface area contributed by atoms with Gasteiger partial charge >= 0.3 is 0 Å². The first-order chi connectivity index (χ1) is 7.97. The first-order valence-electron chi connectivity index (χ1n) is 6.73. The van der Waals surface area contributed by atoms with Crippen molar-refractivity contribution in [1.29, 1.82) is 0 Å². The van der Waals surface area contributed by atoms with E-state index >= 15 is 0 Å². The van der Waals surface area contributed by atoms with Crippen molar-refractivity contribution in [2.75, 3.05) is 0 Å². The molecule has 1 aromatic carbocycles. The molecule has 1 aromatic rings. The minimum atomic E-state index is 0.251. The molecule has 0 N–H and O–H groups in total. The maximum absolute atomic E-state index is 5.64. The van der Waals surface area contributed by atoms with Crippen molar-refractivity contribution in [2.24, 2.45) is 11.8 Å². The molecular formula is C16H26O. The number of hydrogen-bond donors (Lipinski definition) is 0. The van der Waals surface area contributed by atoms with Crippen LogP contribution in [0, 0.1) is 11.8 Å². The smallest absolute Gasteiger partial charge is 0.119 e. The molecule has 0 saturated heterocycles. The monoisotopic (exact) mass is 234 g/mol. The Labute approximate surface area is 106 Å². The molecule has 0 saturated carbocycles. The lowest BCUT2D eigenvalue weighted by Crippen LogP contribution is -2.06. The van der Waals surface area contributed by atoms with Gasteiger partial charge < -0.3 is 4.74 Å². The molecule has 0 heterocycles. The molecule has 17 heavy (non-hydrogen) atoms. The minimum absolute atomic E-state index is 0.251. The lowest BCUT2D eigenvalue weighted by molar-refractivity contribution is 0.242. The van der Waals surface area contributed by atoms with E-state index in [-0.39, 0.29) is 6.10 Å². The molecule has 0 radical (unpaired) electrons. The van der Waals surface area contributed by atoms with Gasteiger partial charge in [-0.1, -0.05) is 32.9 Å². The van der Waals surface area contributed by atoms with Crippen molar-refractivity contribution in [3.05, 3.63) is 29.8 Å². The maximum Gasteiger partial charge on any atom is 0.119 e. The van der Waals surface area contributed by atoms with Crippen molar-refractivity contribution >= 4 is 0 Å². The third-order valence-electron chi connectivity index (χ3n) is 2.75. The molecule has 0 aliphatic rings. The molecule has 0 unspecified atom stereocenters. The van der Waals surface area contributed by atoms with Crippen LogP contribution in [0.3, 0.4) is 0 Å². The Morgan fingerprint density at radius 2 is 1.53 bits per heavy atom. The van der Waals surface area contributed by atoms with Crippen LogP contribution in [0.25, 0.3) is 0 Å². The van der Waals surface area contributed by atoms with E-state index in [1.807, 2.05) is 0 Å². The van der Waals surface area contributed by atoms with Crippen LogP contribution < -0.4 is 4.74 Å². The Kier molecular flexibility index (Phi) is 5.54. The number of hydrogen-bond acceptors (Lipinski definition) is 1. The summed E-state index contributed by atoms with van der Waals surface area (Å²) in [7, 11) is 0. The van der Waals surface area contributed by atoms with Crippen molar-refractivity contribution in [1.82, 2.24) is 0 Å². The largest absolute Gasteiger partial charge is 0.491 e. The van der Waals surface area contributed by atoms with E-state index < -0.39 is 0 Å². The van der Waals surface area contributed by atoms with Gasteiger partial charge in [-0.25, -0.2) is 0 Å². The third-order valence-corrected chi connectivity index (χ3v) is 2.75. The standard InChI is InChI=1S/C16H26O/c1-12(2)10-14(5)11-15-6-8-16(9-7-15)17-13(3)4/h6-9,12-14H,10-11H2,1-5H3/t14-/m0/s1. The van der Waals surface area contributed by atoms with Gasteiger partial charge in [0.15, 0.2) is 0 Å². The van der Waals surface area contributed by atoms with Gasteiger partial charge in [-0.3, -0.25) is 0 Å². The highest BCUT2D eigenvalue weighted by Gasteiger charge is 2.06. The number of rotatable bonds is 6. The third kappa shape index (κ3) is 5.76. The van der Waals surface area contributed by atoms with E-state index in [2.05, 4.69) is 58.9 Å². The second-order valence-electron chi connectivity index (χ2n) is 5.75. The molecule has 0 bridgehead atoms. The van der Waals surface area contributed by atoms with E-state index in [0.717, 1.165) is 17.6 Å². The van der Waals surface area contributed by atoms with Gasteiger partial charge in [-0.05, 0) is 56.2 Å². The topological polar surface area (TPSA) is 9.23 Å². The van der Waals surface area contributed by atoms with E-state index in [9.17, 15) is 0 Å². The van der Waals surface area contributed by atoms with Crippen molar-refractivity contribution < 1.29 is 4.74 Å². The van der Waals surface area contributed by atoms with Crippen LogP contribution in [-0.2, 0) is 6.42 Å². The molecule has 0 fully saturated rings. The summed E-state index contributed by atoms with van der Waals surface area (Å²) in [5, 5.41) is 0. The summed E-state index contributed by atoms with van der Waals surface area (Å²) < 4.78 is 5.64. The second kappa shape index (κ2) is 6.68. The van der Waals surface area contributed by atoms with Crippen molar-refractivity contribution in [3.8, 4) is 5.75 Å². The zero-order valence-corrected chi connectivity index (χ0v) is 11.9. The predicted octanol–water partition coefficient (Wildman–Crippen LogP) is 4.70. The first kappa shape index (κ1) is 14.1. The van der Waals surface area contributed by atoms with Gasteiger partial charge in [-0.15, -0.1) is 0 Å². The average Bonchev–Trinajstić information content (AvgIpc) is 2.18. The van der Waals surface area contributed by atoms with Gasteiger partial charge in [0.2, 0.25) is 0 Å². The Balaban J connectivity index is 2.50. The summed E-state index contributed by atoms with van der Waals surface area (Å²) in [5.41, 5.74) is 1.41. The molecule has 0 aliphatic carbocycles. The second-order valence-corrected chi connectivity index (χ2v) is 5.75. The van der Waals surface area contributed by atoms with E-state index in [1.165, 1.54) is 18.4 Å². The van der Waals surface area contributed by atoms with E-state index in [0.29, 0.717) is 0 Å². The fourth-order valence-corrected chi connectivity index (χ4v) is 2.27. The molecule has 0 spiro atoms. The summed E-state index contributed by atoms with van der Waals surface area (Å²) in [5.74, 6) is 2.51. The quantitative estimate of drug-likeness (QED) is 0.693. The molecule has 1 atom stereocenters. The number of ether oxygens (including phenoxy) is 1. The van der Waals surface area contributed by atoms with Crippen molar-refractivity contribution in [2.45, 2.75) is 53.6 Å². The zero-order valence-electron chi connectivity index (χ0n) is 11.9. The Hall–Kier alpha value is -0.980. The summed E-state index contributed by atoms with van der Waals surface area (Å²) in [6.45, 7) is 11.0. The molecule has 0 amide bonds. The Morgan fingerprint density at radius 3 is 2.00 bits per heavy atom. The minimum Gasteiger partial charge on any atom is -0.491 e. The van der Waals surface area contributed by atoms with Crippen LogP contribution in [0.1, 0.15) is 46.6 Å². The van der Waals surface area contributed by atoms with Gasteiger partial charge in [-0.2, -0.15) is 0 Å². The van der Waals surface area contributed by atoms with Crippen LogP contribution in [0.2, 0.25) is 0 Å². The molecule has 1 heteroatoms. The normalized spacial score (nSPS) is 13.1. The first-order valence-corrected chi connectivity index (χ1v) is 6.73. The zero-order chi connectivity index (χ0) is 12.8. The summed E-state index contributed by atoms with van der Waals surface area (Å²) in [6.07, 6.45) is 2.71. The summed E-state index contributed by atoms with van der Waals surface area (Å²) >= 11 is 0. The van der Waals surface area contributed by atoms with Crippen LogP contribution >= 0.6 is 0 Å². The molecule has 1 nitrogen and oxygen atoms in total. The predicted molar refractivity (Wildman–Crippen MR) is 74.5 cm³/mol. The van der Waals surface area contributed by atoms with Gasteiger partial charge in [0.05, 0.1) is 6.10 Å². The fourth-order valence-electron chi connectivity index (χ4n) is 2.27. The van der Waals surface area contributed by atoms with Crippen LogP contribution in [0.5, 0.6) is 5.75 Å². The van der Waals surface area contributed by atoms with Crippen LogP contribution in [0.15, 0.2) is 24.3 Å². The maximum atomic E-state index is 5.64. The molecular weight excluding hydrogens is 208 g/mol. The summed E-state index contributed by atoms with van der Waals surface area (Å²) in [6, 6.07) is 8.54. The Morgan fingerprint density at radius 1 is 0.941 bits per heavy atom. The van der Waals surface area contributed by atoms with E-state index in [4.69, 9.17) is 4.74 Å². The SMILES string of the molecule is CC(C)C[C@H](C)Cc1ccc(OC(C)C)cc1. The van der Waals surface area contributed by atoms with Gasteiger partial charge in [0.25, 0.3) is 0 Å². The van der Waals surface area contributed by atoms with Gasteiger partial charge in [0, 0.05) is 0 Å². The fraction of sp³-hybridized carbons (Fsp3) is 0.625. The highest BCUT2D eigenvalue weighted by Crippen LogP contribution is 2.19. The Bertz CT molecular complexity index is 311.